The average molecular weight is 171 g/mol. The molecule has 0 fully saturated rings. The van der Waals surface area contributed by atoms with E-state index >= 15 is 0 Å². The van der Waals surface area contributed by atoms with Crippen LogP contribution in [0.4, 0.5) is 0 Å². The van der Waals surface area contributed by atoms with E-state index in [1.165, 1.54) is 19.3 Å². The molecule has 0 spiro atoms. The van der Waals surface area contributed by atoms with Crippen molar-refractivity contribution in [3.63, 3.8) is 0 Å². The molecule has 0 aromatic carbocycles. The molecule has 0 aliphatic carbocycles. The van der Waals surface area contributed by atoms with E-state index in [1.54, 1.807) is 0 Å². The van der Waals surface area contributed by atoms with Gasteiger partial charge in [-0.05, 0) is 18.8 Å². The molecule has 0 aromatic heterocycles. The van der Waals surface area contributed by atoms with Crippen molar-refractivity contribution >= 4 is 5.96 Å². The summed E-state index contributed by atoms with van der Waals surface area (Å²) in [5.74, 6) is 1.05. The highest BCUT2D eigenvalue weighted by Crippen LogP contribution is 2.14. The number of aliphatic imine (C=N–C) groups is 1. The van der Waals surface area contributed by atoms with Crippen LogP contribution in [0.1, 0.15) is 39.5 Å². The molecule has 0 amide bonds. The number of guanidine groups is 1. The van der Waals surface area contributed by atoms with Crippen LogP contribution in [0.3, 0.4) is 0 Å². The van der Waals surface area contributed by atoms with Gasteiger partial charge in [-0.3, -0.25) is 4.99 Å². The van der Waals surface area contributed by atoms with Gasteiger partial charge >= 0.3 is 0 Å². The van der Waals surface area contributed by atoms with Gasteiger partial charge in [-0.1, -0.05) is 26.7 Å². The Balaban J connectivity index is 3.35. The fraction of sp³-hybridized carbons (Fsp3) is 0.889. The Morgan fingerprint density at radius 1 is 1.25 bits per heavy atom. The predicted octanol–water partition coefficient (Wildman–Crippen LogP) is 1.48. The lowest BCUT2D eigenvalue weighted by Crippen LogP contribution is -2.23. The van der Waals surface area contributed by atoms with E-state index in [4.69, 9.17) is 11.5 Å². The highest BCUT2D eigenvalue weighted by molar-refractivity contribution is 5.75. The summed E-state index contributed by atoms with van der Waals surface area (Å²) in [4.78, 5) is 3.94. The quantitative estimate of drug-likeness (QED) is 0.361. The lowest BCUT2D eigenvalue weighted by molar-refractivity contribution is 0.444. The Morgan fingerprint density at radius 3 is 2.25 bits per heavy atom. The van der Waals surface area contributed by atoms with Gasteiger partial charge in [-0.25, -0.2) is 0 Å². The van der Waals surface area contributed by atoms with Crippen LogP contribution in [0.2, 0.25) is 0 Å². The molecule has 3 nitrogen and oxygen atoms in total. The summed E-state index contributed by atoms with van der Waals surface area (Å²) in [6.07, 6.45) is 4.87. The van der Waals surface area contributed by atoms with Crippen molar-refractivity contribution in [2.45, 2.75) is 39.5 Å². The first-order chi connectivity index (χ1) is 5.70. The van der Waals surface area contributed by atoms with E-state index in [2.05, 4.69) is 18.8 Å². The summed E-state index contributed by atoms with van der Waals surface area (Å²) in [6.45, 7) is 5.24. The number of rotatable bonds is 6. The second-order valence-electron chi connectivity index (χ2n) is 3.13. The van der Waals surface area contributed by atoms with Gasteiger partial charge in [-0.15, -0.1) is 0 Å². The van der Waals surface area contributed by atoms with Crippen molar-refractivity contribution in [2.24, 2.45) is 22.4 Å². The fourth-order valence-electron chi connectivity index (χ4n) is 1.29. The van der Waals surface area contributed by atoms with Gasteiger partial charge in [0.25, 0.3) is 0 Å². The molecule has 0 aromatic rings. The predicted molar refractivity (Wildman–Crippen MR) is 54.0 cm³/mol. The number of hydrogen-bond acceptors (Lipinski definition) is 1. The number of nitrogens with zero attached hydrogens (tertiary/aromatic N) is 1. The van der Waals surface area contributed by atoms with Crippen LogP contribution < -0.4 is 11.5 Å². The molecule has 0 aliphatic rings. The van der Waals surface area contributed by atoms with E-state index in [-0.39, 0.29) is 5.96 Å². The van der Waals surface area contributed by atoms with Gasteiger partial charge in [0.05, 0.1) is 0 Å². The molecule has 0 atom stereocenters. The Kier molecular flexibility index (Phi) is 6.53. The van der Waals surface area contributed by atoms with Crippen LogP contribution in [0.5, 0.6) is 0 Å². The maximum atomic E-state index is 5.20. The summed E-state index contributed by atoms with van der Waals surface area (Å²) < 4.78 is 0. The number of nitrogens with two attached hydrogens (primary N) is 2. The van der Waals surface area contributed by atoms with Crippen LogP contribution in [0.15, 0.2) is 4.99 Å². The van der Waals surface area contributed by atoms with Crippen LogP contribution >= 0.6 is 0 Å². The summed E-state index contributed by atoms with van der Waals surface area (Å²) >= 11 is 0. The standard InChI is InChI=1S/C9H21N3/c1-3-8(4-2)6-5-7-12-9(10)11/h8H,3-7H2,1-2H3,(H4,10,11,12). The van der Waals surface area contributed by atoms with Gasteiger partial charge in [-0.2, -0.15) is 0 Å². The smallest absolute Gasteiger partial charge is 0.185 e. The van der Waals surface area contributed by atoms with E-state index < -0.39 is 0 Å². The third-order valence-corrected chi connectivity index (χ3v) is 2.22. The Morgan fingerprint density at radius 2 is 1.83 bits per heavy atom. The fourth-order valence-corrected chi connectivity index (χ4v) is 1.29. The van der Waals surface area contributed by atoms with Gasteiger partial charge in [0, 0.05) is 6.54 Å². The molecule has 0 heterocycles. The van der Waals surface area contributed by atoms with E-state index in [0.29, 0.717) is 0 Å². The summed E-state index contributed by atoms with van der Waals surface area (Å²) in [6, 6.07) is 0. The molecular formula is C9H21N3. The Labute approximate surface area is 75.2 Å². The zero-order valence-electron chi connectivity index (χ0n) is 8.21. The molecular weight excluding hydrogens is 150 g/mol. The molecule has 0 radical (unpaired) electrons. The summed E-state index contributed by atoms with van der Waals surface area (Å²) in [5, 5.41) is 0. The Bertz CT molecular complexity index is 124. The molecule has 0 unspecified atom stereocenters. The lowest BCUT2D eigenvalue weighted by Gasteiger charge is -2.09. The van der Waals surface area contributed by atoms with Gasteiger partial charge in [0.2, 0.25) is 0 Å². The van der Waals surface area contributed by atoms with Crippen molar-refractivity contribution in [1.82, 2.24) is 0 Å². The Hall–Kier alpha value is -0.730. The minimum absolute atomic E-state index is 0.208. The van der Waals surface area contributed by atoms with Gasteiger partial charge in [0.15, 0.2) is 5.96 Å². The third kappa shape index (κ3) is 6.01. The minimum Gasteiger partial charge on any atom is -0.370 e. The van der Waals surface area contributed by atoms with Crippen molar-refractivity contribution in [3.8, 4) is 0 Å². The molecule has 0 bridgehead atoms. The first kappa shape index (κ1) is 11.3. The van der Waals surface area contributed by atoms with E-state index in [0.717, 1.165) is 18.9 Å². The molecule has 4 N–H and O–H groups in total. The van der Waals surface area contributed by atoms with Gasteiger partial charge in [0.1, 0.15) is 0 Å². The molecule has 12 heavy (non-hydrogen) atoms. The second kappa shape index (κ2) is 6.95. The zero-order valence-corrected chi connectivity index (χ0v) is 8.21. The normalized spacial score (nSPS) is 10.2. The molecule has 72 valence electrons. The van der Waals surface area contributed by atoms with Crippen LogP contribution in [-0.4, -0.2) is 12.5 Å². The monoisotopic (exact) mass is 171 g/mol. The third-order valence-electron chi connectivity index (χ3n) is 2.22. The maximum Gasteiger partial charge on any atom is 0.185 e. The largest absolute Gasteiger partial charge is 0.370 e. The first-order valence-corrected chi connectivity index (χ1v) is 4.76. The van der Waals surface area contributed by atoms with E-state index in [9.17, 15) is 0 Å². The molecule has 0 saturated carbocycles. The zero-order chi connectivity index (χ0) is 9.40. The van der Waals surface area contributed by atoms with Crippen LogP contribution in [-0.2, 0) is 0 Å². The van der Waals surface area contributed by atoms with Crippen molar-refractivity contribution < 1.29 is 0 Å². The van der Waals surface area contributed by atoms with Crippen LogP contribution in [0, 0.1) is 5.92 Å². The molecule has 0 rings (SSSR count). The topological polar surface area (TPSA) is 64.4 Å². The van der Waals surface area contributed by atoms with Crippen molar-refractivity contribution in [2.75, 3.05) is 6.54 Å². The molecule has 0 aliphatic heterocycles. The van der Waals surface area contributed by atoms with E-state index in [1.807, 2.05) is 0 Å². The SMILES string of the molecule is CCC(CC)CCCN=C(N)N. The van der Waals surface area contributed by atoms with Crippen molar-refractivity contribution in [3.05, 3.63) is 0 Å². The van der Waals surface area contributed by atoms with Crippen LogP contribution in [0.25, 0.3) is 0 Å². The highest BCUT2D eigenvalue weighted by atomic mass is 15.0. The van der Waals surface area contributed by atoms with Crippen molar-refractivity contribution in [1.29, 1.82) is 0 Å². The minimum atomic E-state index is 0.208. The summed E-state index contributed by atoms with van der Waals surface area (Å²) in [5.41, 5.74) is 10.4. The maximum absolute atomic E-state index is 5.20. The van der Waals surface area contributed by atoms with Gasteiger partial charge < -0.3 is 11.5 Å². The number of hydrogen-bond donors (Lipinski definition) is 2. The highest BCUT2D eigenvalue weighted by Gasteiger charge is 2.01. The molecule has 3 heteroatoms. The first-order valence-electron chi connectivity index (χ1n) is 4.76. The average Bonchev–Trinajstić information content (AvgIpc) is 2.04. The lowest BCUT2D eigenvalue weighted by atomic mass is 9.98. The second-order valence-corrected chi connectivity index (χ2v) is 3.13. The summed E-state index contributed by atoms with van der Waals surface area (Å²) in [7, 11) is 0. The molecule has 0 saturated heterocycles.